The van der Waals surface area contributed by atoms with Gasteiger partial charge in [-0.1, -0.05) is 43.4 Å². The number of thiocarbonyl (C=S) groups is 1. The molecule has 1 fully saturated rings. The summed E-state index contributed by atoms with van der Waals surface area (Å²) in [6.45, 7) is 3.31. The third-order valence-corrected chi connectivity index (χ3v) is 5.65. The van der Waals surface area contributed by atoms with Crippen molar-refractivity contribution < 1.29 is 8.42 Å². The Morgan fingerprint density at radius 1 is 1.45 bits per heavy atom. The van der Waals surface area contributed by atoms with Crippen molar-refractivity contribution in [2.45, 2.75) is 25.5 Å². The summed E-state index contributed by atoms with van der Waals surface area (Å²) in [4.78, 5) is 0.239. The van der Waals surface area contributed by atoms with Crippen molar-refractivity contribution in [1.82, 2.24) is 4.31 Å². The zero-order chi connectivity index (χ0) is 14.8. The van der Waals surface area contributed by atoms with E-state index in [0.717, 1.165) is 12.8 Å². The minimum absolute atomic E-state index is 0.0345. The van der Waals surface area contributed by atoms with E-state index in [2.05, 4.69) is 6.92 Å². The molecule has 2 N–H and O–H groups in total. The molecule has 0 bridgehead atoms. The molecule has 0 aliphatic carbocycles. The van der Waals surface area contributed by atoms with Gasteiger partial charge in [0.1, 0.15) is 4.99 Å². The molecule has 2 rings (SSSR count). The maximum Gasteiger partial charge on any atom is 0.218 e. The van der Waals surface area contributed by atoms with E-state index < -0.39 is 10.0 Å². The van der Waals surface area contributed by atoms with Crippen molar-refractivity contribution in [3.8, 4) is 0 Å². The highest BCUT2D eigenvalue weighted by atomic mass is 32.2. The summed E-state index contributed by atoms with van der Waals surface area (Å²) in [6.07, 6.45) is 2.02. The number of hydrogen-bond acceptors (Lipinski definition) is 3. The standard InChI is InChI=1S/C14H20N2O2S2/c1-11-5-4-8-16(9-11)20(17,18)10-12-6-2-3-7-13(12)14(15)19/h2-3,6-7,11H,4-5,8-10H2,1H3,(H2,15,19). The number of nitrogens with zero attached hydrogens (tertiary/aromatic N) is 1. The van der Waals surface area contributed by atoms with Crippen LogP contribution in [0.5, 0.6) is 0 Å². The highest BCUT2D eigenvalue weighted by Crippen LogP contribution is 2.22. The van der Waals surface area contributed by atoms with Gasteiger partial charge in [-0.15, -0.1) is 0 Å². The van der Waals surface area contributed by atoms with Crippen LogP contribution in [0, 0.1) is 5.92 Å². The maximum atomic E-state index is 12.5. The van der Waals surface area contributed by atoms with Crippen LogP contribution in [0.15, 0.2) is 24.3 Å². The van der Waals surface area contributed by atoms with Gasteiger partial charge in [-0.2, -0.15) is 0 Å². The van der Waals surface area contributed by atoms with Crippen molar-refractivity contribution in [3.63, 3.8) is 0 Å². The fraction of sp³-hybridized carbons (Fsp3) is 0.500. The van der Waals surface area contributed by atoms with Crippen molar-refractivity contribution >= 4 is 27.2 Å². The van der Waals surface area contributed by atoms with Gasteiger partial charge in [-0.05, 0) is 24.3 Å². The number of rotatable bonds is 4. The Labute approximate surface area is 126 Å². The average Bonchev–Trinajstić information content (AvgIpc) is 2.38. The Hall–Kier alpha value is -0.980. The zero-order valence-corrected chi connectivity index (χ0v) is 13.2. The van der Waals surface area contributed by atoms with Crippen molar-refractivity contribution in [1.29, 1.82) is 0 Å². The first kappa shape index (κ1) is 15.4. The summed E-state index contributed by atoms with van der Waals surface area (Å²) in [5.74, 6) is 0.386. The van der Waals surface area contributed by atoms with Gasteiger partial charge in [-0.3, -0.25) is 0 Å². The Bertz CT molecular complexity index is 599. The van der Waals surface area contributed by atoms with E-state index in [1.807, 2.05) is 12.1 Å². The average molecular weight is 312 g/mol. The van der Waals surface area contributed by atoms with Gasteiger partial charge in [0.05, 0.1) is 5.75 Å². The van der Waals surface area contributed by atoms with Crippen LogP contribution in [0.2, 0.25) is 0 Å². The second kappa shape index (κ2) is 6.20. The Balaban J connectivity index is 2.22. The van der Waals surface area contributed by atoms with E-state index >= 15 is 0 Å². The van der Waals surface area contributed by atoms with E-state index in [-0.39, 0.29) is 10.7 Å². The minimum atomic E-state index is -3.31. The van der Waals surface area contributed by atoms with Gasteiger partial charge >= 0.3 is 0 Å². The number of sulfonamides is 1. The van der Waals surface area contributed by atoms with Crippen LogP contribution in [0.3, 0.4) is 0 Å². The Morgan fingerprint density at radius 2 is 2.15 bits per heavy atom. The van der Waals surface area contributed by atoms with E-state index in [0.29, 0.717) is 30.1 Å². The predicted molar refractivity (Wildman–Crippen MR) is 84.9 cm³/mol. The normalized spacial score (nSPS) is 20.8. The second-order valence-electron chi connectivity index (χ2n) is 5.38. The largest absolute Gasteiger partial charge is 0.389 e. The molecule has 6 heteroatoms. The summed E-state index contributed by atoms with van der Waals surface area (Å²) in [7, 11) is -3.31. The summed E-state index contributed by atoms with van der Waals surface area (Å²) in [5.41, 5.74) is 6.99. The lowest BCUT2D eigenvalue weighted by atomic mass is 10.0. The van der Waals surface area contributed by atoms with Crippen molar-refractivity contribution in [2.75, 3.05) is 13.1 Å². The van der Waals surface area contributed by atoms with Gasteiger partial charge in [0.25, 0.3) is 0 Å². The first-order valence-corrected chi connectivity index (χ1v) is 8.77. The molecule has 1 aliphatic heterocycles. The summed E-state index contributed by atoms with van der Waals surface area (Å²) in [6, 6.07) is 7.17. The summed E-state index contributed by atoms with van der Waals surface area (Å²) < 4.78 is 26.6. The minimum Gasteiger partial charge on any atom is -0.389 e. The Kier molecular flexibility index (Phi) is 4.78. The molecular weight excluding hydrogens is 292 g/mol. The molecule has 0 amide bonds. The van der Waals surface area contributed by atoms with Crippen molar-refractivity contribution in [2.24, 2.45) is 11.7 Å². The second-order valence-corrected chi connectivity index (χ2v) is 7.79. The third kappa shape index (κ3) is 3.56. The van der Waals surface area contributed by atoms with Gasteiger partial charge in [0, 0.05) is 18.7 Å². The number of nitrogens with two attached hydrogens (primary N) is 1. The molecule has 0 saturated carbocycles. The van der Waals surface area contributed by atoms with E-state index in [1.54, 1.807) is 16.4 Å². The molecule has 20 heavy (non-hydrogen) atoms. The van der Waals surface area contributed by atoms with Crippen LogP contribution < -0.4 is 5.73 Å². The molecule has 0 spiro atoms. The first-order chi connectivity index (χ1) is 9.40. The van der Waals surface area contributed by atoms with Crippen LogP contribution in [0.4, 0.5) is 0 Å². The summed E-state index contributed by atoms with van der Waals surface area (Å²) >= 11 is 4.98. The molecule has 1 atom stereocenters. The predicted octanol–water partition coefficient (Wildman–Crippen LogP) is 1.88. The molecule has 1 saturated heterocycles. The number of benzene rings is 1. The van der Waals surface area contributed by atoms with E-state index in [4.69, 9.17) is 18.0 Å². The fourth-order valence-corrected chi connectivity index (χ4v) is 4.49. The van der Waals surface area contributed by atoms with Crippen LogP contribution in [0.1, 0.15) is 30.9 Å². The van der Waals surface area contributed by atoms with Gasteiger partial charge in [-0.25, -0.2) is 12.7 Å². The maximum absolute atomic E-state index is 12.5. The fourth-order valence-electron chi connectivity index (χ4n) is 2.57. The molecule has 1 aliphatic rings. The first-order valence-electron chi connectivity index (χ1n) is 6.75. The van der Waals surface area contributed by atoms with Crippen LogP contribution in [-0.4, -0.2) is 30.8 Å². The third-order valence-electron chi connectivity index (χ3n) is 3.63. The van der Waals surface area contributed by atoms with E-state index in [9.17, 15) is 8.42 Å². The lowest BCUT2D eigenvalue weighted by molar-refractivity contribution is 0.281. The van der Waals surface area contributed by atoms with Crippen LogP contribution in [0.25, 0.3) is 0 Å². The highest BCUT2D eigenvalue weighted by Gasteiger charge is 2.27. The molecular formula is C14H20N2O2S2. The monoisotopic (exact) mass is 312 g/mol. The lowest BCUT2D eigenvalue weighted by Gasteiger charge is -2.30. The Morgan fingerprint density at radius 3 is 2.80 bits per heavy atom. The molecule has 1 unspecified atom stereocenters. The molecule has 1 aromatic rings. The molecule has 4 nitrogen and oxygen atoms in total. The molecule has 0 aromatic heterocycles. The van der Waals surface area contributed by atoms with Gasteiger partial charge < -0.3 is 5.73 Å². The summed E-state index contributed by atoms with van der Waals surface area (Å²) in [5, 5.41) is 0. The number of hydrogen-bond donors (Lipinski definition) is 1. The lowest BCUT2D eigenvalue weighted by Crippen LogP contribution is -2.39. The molecule has 1 heterocycles. The topological polar surface area (TPSA) is 63.4 Å². The highest BCUT2D eigenvalue weighted by molar-refractivity contribution is 7.88. The van der Waals surface area contributed by atoms with Crippen molar-refractivity contribution in [3.05, 3.63) is 35.4 Å². The SMILES string of the molecule is CC1CCCN(S(=O)(=O)Cc2ccccc2C(N)=S)C1. The molecule has 1 aromatic carbocycles. The van der Waals surface area contributed by atoms with Gasteiger partial charge in [0.15, 0.2) is 0 Å². The quantitative estimate of drug-likeness (QED) is 0.862. The smallest absolute Gasteiger partial charge is 0.218 e. The molecule has 0 radical (unpaired) electrons. The molecule has 110 valence electrons. The van der Waals surface area contributed by atoms with E-state index in [1.165, 1.54) is 0 Å². The number of piperidine rings is 1. The van der Waals surface area contributed by atoms with Gasteiger partial charge in [0.2, 0.25) is 10.0 Å². The van der Waals surface area contributed by atoms with Crippen LogP contribution >= 0.6 is 12.2 Å². The zero-order valence-electron chi connectivity index (χ0n) is 11.6. The van der Waals surface area contributed by atoms with Crippen LogP contribution in [-0.2, 0) is 15.8 Å².